The lowest BCUT2D eigenvalue weighted by molar-refractivity contribution is 0.569. The summed E-state index contributed by atoms with van der Waals surface area (Å²) in [6, 6.07) is 6.36. The van der Waals surface area contributed by atoms with Crippen molar-refractivity contribution >= 4 is 22.7 Å². The minimum atomic E-state index is 0.129. The van der Waals surface area contributed by atoms with E-state index in [1.54, 1.807) is 11.3 Å². The van der Waals surface area contributed by atoms with E-state index in [9.17, 15) is 0 Å². The lowest BCUT2D eigenvalue weighted by atomic mass is 9.91. The van der Waals surface area contributed by atoms with E-state index >= 15 is 0 Å². The Bertz CT molecular complexity index is 492. The van der Waals surface area contributed by atoms with E-state index < -0.39 is 0 Å². The summed E-state index contributed by atoms with van der Waals surface area (Å²) < 4.78 is 0. The van der Waals surface area contributed by atoms with Crippen molar-refractivity contribution in [2.24, 2.45) is 0 Å². The molecule has 0 aliphatic rings. The molecule has 0 aromatic carbocycles. The van der Waals surface area contributed by atoms with Crippen molar-refractivity contribution in [3.63, 3.8) is 0 Å². The quantitative estimate of drug-likeness (QED) is 0.864. The fourth-order valence-electron chi connectivity index (χ4n) is 1.75. The Morgan fingerprint density at radius 3 is 2.72 bits per heavy atom. The normalized spacial score (nSPS) is 11.3. The van der Waals surface area contributed by atoms with Crippen molar-refractivity contribution in [2.45, 2.75) is 19.3 Å². The number of hydrogen-bond donors (Lipinski definition) is 2. The first-order chi connectivity index (χ1) is 8.62. The topological polar surface area (TPSA) is 37.0 Å². The zero-order valence-corrected chi connectivity index (χ0v) is 11.8. The molecule has 0 bridgehead atoms. The minimum Gasteiger partial charge on any atom is -0.387 e. The number of thiophene rings is 1. The Hall–Kier alpha value is -1.55. The molecule has 3 nitrogen and oxygen atoms in total. The van der Waals surface area contributed by atoms with Crippen LogP contribution in [0.3, 0.4) is 0 Å². The van der Waals surface area contributed by atoms with Gasteiger partial charge in [-0.1, -0.05) is 19.9 Å². The van der Waals surface area contributed by atoms with E-state index in [0.717, 1.165) is 17.9 Å². The van der Waals surface area contributed by atoms with E-state index in [4.69, 9.17) is 0 Å². The van der Waals surface area contributed by atoms with Gasteiger partial charge in [0.2, 0.25) is 0 Å². The van der Waals surface area contributed by atoms with Crippen LogP contribution in [0.5, 0.6) is 0 Å². The highest BCUT2D eigenvalue weighted by atomic mass is 32.1. The average molecular weight is 261 g/mol. The maximum atomic E-state index is 4.20. The van der Waals surface area contributed by atoms with E-state index in [1.807, 2.05) is 19.4 Å². The Labute approximate surface area is 112 Å². The molecule has 0 radical (unpaired) electrons. The molecule has 2 rings (SSSR count). The van der Waals surface area contributed by atoms with Gasteiger partial charge in [-0.2, -0.15) is 0 Å². The first kappa shape index (κ1) is 12.9. The van der Waals surface area contributed by atoms with Gasteiger partial charge in [0.1, 0.15) is 0 Å². The van der Waals surface area contributed by atoms with Crippen LogP contribution in [0.4, 0.5) is 11.4 Å². The second-order valence-electron chi connectivity index (χ2n) is 4.93. The summed E-state index contributed by atoms with van der Waals surface area (Å²) in [4.78, 5) is 5.59. The fraction of sp³-hybridized carbons (Fsp3) is 0.357. The molecule has 0 aliphatic heterocycles. The summed E-state index contributed by atoms with van der Waals surface area (Å²) >= 11 is 1.80. The van der Waals surface area contributed by atoms with Gasteiger partial charge in [-0.3, -0.25) is 4.98 Å². The van der Waals surface area contributed by atoms with Gasteiger partial charge in [0, 0.05) is 23.9 Å². The Morgan fingerprint density at radius 2 is 2.06 bits per heavy atom. The van der Waals surface area contributed by atoms with Crippen LogP contribution in [-0.2, 0) is 5.41 Å². The first-order valence-corrected chi connectivity index (χ1v) is 6.90. The highest BCUT2D eigenvalue weighted by Crippen LogP contribution is 2.27. The summed E-state index contributed by atoms with van der Waals surface area (Å²) in [5, 5.41) is 8.67. The molecule has 0 aliphatic carbocycles. The van der Waals surface area contributed by atoms with Crippen LogP contribution in [0.1, 0.15) is 18.7 Å². The number of rotatable bonds is 5. The standard InChI is InChI=1S/C14H19N3S/c1-14(2,13-5-4-6-18-13)10-17-12-7-11(15-3)8-16-9-12/h4-9,15,17H,10H2,1-3H3. The van der Waals surface area contributed by atoms with Gasteiger partial charge < -0.3 is 10.6 Å². The van der Waals surface area contributed by atoms with Crippen molar-refractivity contribution in [3.8, 4) is 0 Å². The third-order valence-electron chi connectivity index (χ3n) is 2.95. The van der Waals surface area contributed by atoms with E-state index in [-0.39, 0.29) is 5.41 Å². The van der Waals surface area contributed by atoms with Gasteiger partial charge >= 0.3 is 0 Å². The second kappa shape index (κ2) is 5.40. The molecule has 18 heavy (non-hydrogen) atoms. The van der Waals surface area contributed by atoms with Crippen LogP contribution in [0.25, 0.3) is 0 Å². The van der Waals surface area contributed by atoms with Crippen LogP contribution < -0.4 is 10.6 Å². The first-order valence-electron chi connectivity index (χ1n) is 6.02. The van der Waals surface area contributed by atoms with Crippen LogP contribution >= 0.6 is 11.3 Å². The zero-order valence-electron chi connectivity index (χ0n) is 11.0. The molecule has 0 atom stereocenters. The SMILES string of the molecule is CNc1cncc(NCC(C)(C)c2cccs2)c1. The number of nitrogens with zero attached hydrogens (tertiary/aromatic N) is 1. The van der Waals surface area contributed by atoms with Crippen molar-refractivity contribution < 1.29 is 0 Å². The van der Waals surface area contributed by atoms with Crippen LogP contribution in [-0.4, -0.2) is 18.6 Å². The molecule has 0 saturated heterocycles. The monoisotopic (exact) mass is 261 g/mol. The van der Waals surface area contributed by atoms with E-state index in [0.29, 0.717) is 0 Å². The summed E-state index contributed by atoms with van der Waals surface area (Å²) in [5.74, 6) is 0. The maximum Gasteiger partial charge on any atom is 0.0547 e. The number of nitrogens with one attached hydrogen (secondary N) is 2. The van der Waals surface area contributed by atoms with Crippen LogP contribution in [0.2, 0.25) is 0 Å². The summed E-state index contributed by atoms with van der Waals surface area (Å²) in [6.45, 7) is 5.39. The molecule has 0 amide bonds. The number of hydrogen-bond acceptors (Lipinski definition) is 4. The molecular weight excluding hydrogens is 242 g/mol. The third-order valence-corrected chi connectivity index (χ3v) is 4.19. The van der Waals surface area contributed by atoms with Gasteiger partial charge in [0.05, 0.1) is 23.8 Å². The molecule has 2 heterocycles. The molecule has 4 heteroatoms. The molecule has 96 valence electrons. The molecular formula is C14H19N3S. The fourth-order valence-corrected chi connectivity index (χ4v) is 2.60. The van der Waals surface area contributed by atoms with Crippen LogP contribution in [0, 0.1) is 0 Å². The Morgan fingerprint density at radius 1 is 1.28 bits per heavy atom. The lowest BCUT2D eigenvalue weighted by Gasteiger charge is -2.24. The zero-order chi connectivity index (χ0) is 13.0. The molecule has 0 fully saturated rings. The largest absolute Gasteiger partial charge is 0.387 e. The summed E-state index contributed by atoms with van der Waals surface area (Å²) in [7, 11) is 1.90. The number of aromatic nitrogens is 1. The van der Waals surface area contributed by atoms with E-state index in [1.165, 1.54) is 4.88 Å². The minimum absolute atomic E-state index is 0.129. The molecule has 0 spiro atoms. The average Bonchev–Trinajstić information content (AvgIpc) is 2.91. The lowest BCUT2D eigenvalue weighted by Crippen LogP contribution is -2.26. The highest BCUT2D eigenvalue weighted by molar-refractivity contribution is 7.10. The van der Waals surface area contributed by atoms with Crippen molar-refractivity contribution in [1.82, 2.24) is 4.98 Å². The van der Waals surface area contributed by atoms with Crippen LogP contribution in [0.15, 0.2) is 36.0 Å². The van der Waals surface area contributed by atoms with Crippen molar-refractivity contribution in [1.29, 1.82) is 0 Å². The van der Waals surface area contributed by atoms with E-state index in [2.05, 4.69) is 53.0 Å². The maximum absolute atomic E-state index is 4.20. The highest BCUT2D eigenvalue weighted by Gasteiger charge is 2.21. The van der Waals surface area contributed by atoms with Crippen molar-refractivity contribution in [2.75, 3.05) is 24.2 Å². The smallest absolute Gasteiger partial charge is 0.0547 e. The number of pyridine rings is 1. The van der Waals surface area contributed by atoms with Gasteiger partial charge in [-0.05, 0) is 17.5 Å². The van der Waals surface area contributed by atoms with Gasteiger partial charge in [0.25, 0.3) is 0 Å². The molecule has 0 unspecified atom stereocenters. The van der Waals surface area contributed by atoms with Gasteiger partial charge in [-0.25, -0.2) is 0 Å². The molecule has 2 aromatic heterocycles. The predicted octanol–water partition coefficient (Wildman–Crippen LogP) is 3.57. The van der Waals surface area contributed by atoms with Crippen molar-refractivity contribution in [3.05, 3.63) is 40.8 Å². The summed E-state index contributed by atoms with van der Waals surface area (Å²) in [6.07, 6.45) is 3.67. The molecule has 2 aromatic rings. The van der Waals surface area contributed by atoms with Gasteiger partial charge in [0.15, 0.2) is 0 Å². The Kier molecular flexibility index (Phi) is 3.87. The molecule has 0 saturated carbocycles. The third kappa shape index (κ3) is 3.01. The Balaban J connectivity index is 2.02. The summed E-state index contributed by atoms with van der Waals surface area (Å²) in [5.41, 5.74) is 2.20. The number of anilines is 2. The van der Waals surface area contributed by atoms with Gasteiger partial charge in [-0.15, -0.1) is 11.3 Å². The predicted molar refractivity (Wildman–Crippen MR) is 79.6 cm³/mol. The second-order valence-corrected chi connectivity index (χ2v) is 5.87. The molecule has 2 N–H and O–H groups in total.